The van der Waals surface area contributed by atoms with E-state index >= 15 is 0 Å². The van der Waals surface area contributed by atoms with Crippen LogP contribution in [0, 0.1) is 0 Å². The van der Waals surface area contributed by atoms with Crippen LogP contribution in [0.1, 0.15) is 61.5 Å². The van der Waals surface area contributed by atoms with Gasteiger partial charge in [0.1, 0.15) is 0 Å². The Morgan fingerprint density at radius 3 is 2.24 bits per heavy atom. The summed E-state index contributed by atoms with van der Waals surface area (Å²) in [7, 11) is 0. The lowest BCUT2D eigenvalue weighted by Gasteiger charge is -2.22. The van der Waals surface area contributed by atoms with Crippen molar-refractivity contribution >= 4 is 5.57 Å². The quantitative estimate of drug-likeness (QED) is 0.565. The largest absolute Gasteiger partial charge is 0.309 e. The second kappa shape index (κ2) is 10.1. The van der Waals surface area contributed by atoms with Gasteiger partial charge in [0.25, 0.3) is 0 Å². The number of rotatable bonds is 8. The molecule has 0 spiro atoms. The van der Waals surface area contributed by atoms with Gasteiger partial charge in [0.15, 0.2) is 5.82 Å². The van der Waals surface area contributed by atoms with E-state index in [1.165, 1.54) is 48.8 Å². The summed E-state index contributed by atoms with van der Waals surface area (Å²) in [6.07, 6.45) is 9.56. The van der Waals surface area contributed by atoms with Crippen molar-refractivity contribution in [2.75, 3.05) is 6.54 Å². The third-order valence-corrected chi connectivity index (χ3v) is 5.60. The fraction of sp³-hybridized carbons (Fsp3) is 0.375. The average Bonchev–Trinajstić information content (AvgIpc) is 3.26. The molecule has 1 fully saturated rings. The highest BCUT2D eigenvalue weighted by molar-refractivity contribution is 5.79. The zero-order valence-corrected chi connectivity index (χ0v) is 16.9. The van der Waals surface area contributed by atoms with Gasteiger partial charge in [0.2, 0.25) is 0 Å². The van der Waals surface area contributed by atoms with E-state index in [9.17, 15) is 0 Å². The SMILES string of the molecule is C(CCNCc1nnnn1C1CCCCC1)=C(c1ccccc1)c1ccccc1. The molecule has 1 N–H and O–H groups in total. The Kier molecular flexibility index (Phi) is 6.81. The molecule has 0 saturated heterocycles. The lowest BCUT2D eigenvalue weighted by atomic mass is 9.95. The molecule has 5 heteroatoms. The smallest absolute Gasteiger partial charge is 0.165 e. The van der Waals surface area contributed by atoms with E-state index in [4.69, 9.17) is 0 Å². The van der Waals surface area contributed by atoms with Crippen molar-refractivity contribution < 1.29 is 0 Å². The van der Waals surface area contributed by atoms with Crippen molar-refractivity contribution in [3.8, 4) is 0 Å². The highest BCUT2D eigenvalue weighted by Crippen LogP contribution is 2.27. The monoisotopic (exact) mass is 387 g/mol. The Balaban J connectivity index is 1.36. The van der Waals surface area contributed by atoms with E-state index in [1.807, 2.05) is 4.68 Å². The van der Waals surface area contributed by atoms with Crippen LogP contribution in [0.4, 0.5) is 0 Å². The number of nitrogens with one attached hydrogen (secondary N) is 1. The number of hydrogen-bond acceptors (Lipinski definition) is 4. The van der Waals surface area contributed by atoms with E-state index in [-0.39, 0.29) is 0 Å². The zero-order chi connectivity index (χ0) is 19.7. The van der Waals surface area contributed by atoms with Crippen LogP contribution in [0.5, 0.6) is 0 Å². The Labute approximate surface area is 172 Å². The van der Waals surface area contributed by atoms with Gasteiger partial charge in [-0.2, -0.15) is 0 Å². The van der Waals surface area contributed by atoms with Gasteiger partial charge in [-0.1, -0.05) is 86.0 Å². The molecule has 1 saturated carbocycles. The Morgan fingerprint density at radius 1 is 0.931 bits per heavy atom. The van der Waals surface area contributed by atoms with E-state index < -0.39 is 0 Å². The normalized spacial score (nSPS) is 14.6. The van der Waals surface area contributed by atoms with Crippen LogP contribution in [0.15, 0.2) is 66.7 Å². The van der Waals surface area contributed by atoms with Gasteiger partial charge >= 0.3 is 0 Å². The van der Waals surface area contributed by atoms with Crippen LogP contribution < -0.4 is 5.32 Å². The maximum Gasteiger partial charge on any atom is 0.165 e. The second-order valence-corrected chi connectivity index (χ2v) is 7.65. The maximum atomic E-state index is 4.25. The molecule has 0 bridgehead atoms. The summed E-state index contributed by atoms with van der Waals surface area (Å²) in [5.41, 5.74) is 3.78. The standard InChI is InChI=1S/C24H29N5/c1-4-11-20(12-5-1)23(21-13-6-2-7-14-21)17-10-18-25-19-24-26-27-28-29(24)22-15-8-3-9-16-22/h1-2,4-7,11-14,17,22,25H,3,8-10,15-16,18-19H2. The molecule has 3 aromatic rings. The molecule has 2 aromatic carbocycles. The molecule has 0 radical (unpaired) electrons. The molecular formula is C24H29N5. The molecule has 0 unspecified atom stereocenters. The van der Waals surface area contributed by atoms with Crippen molar-refractivity contribution in [1.29, 1.82) is 0 Å². The summed E-state index contributed by atoms with van der Waals surface area (Å²) in [4.78, 5) is 0. The summed E-state index contributed by atoms with van der Waals surface area (Å²) in [5.74, 6) is 0.951. The molecule has 0 amide bonds. The number of hydrogen-bond donors (Lipinski definition) is 1. The number of aromatic nitrogens is 4. The molecule has 0 aliphatic heterocycles. The van der Waals surface area contributed by atoms with Crippen LogP contribution in [-0.2, 0) is 6.54 Å². The first-order chi connectivity index (χ1) is 14.4. The van der Waals surface area contributed by atoms with E-state index in [0.717, 1.165) is 18.8 Å². The first-order valence-electron chi connectivity index (χ1n) is 10.7. The van der Waals surface area contributed by atoms with Crippen molar-refractivity contribution in [3.05, 3.63) is 83.7 Å². The molecular weight excluding hydrogens is 358 g/mol. The number of benzene rings is 2. The van der Waals surface area contributed by atoms with Crippen molar-refractivity contribution in [1.82, 2.24) is 25.5 Å². The molecule has 1 aliphatic rings. The summed E-state index contributed by atoms with van der Waals surface area (Å²) in [6, 6.07) is 21.6. The Morgan fingerprint density at radius 2 is 1.59 bits per heavy atom. The van der Waals surface area contributed by atoms with Crippen LogP contribution in [-0.4, -0.2) is 26.8 Å². The predicted octanol–water partition coefficient (Wildman–Crippen LogP) is 4.79. The Bertz CT molecular complexity index is 854. The van der Waals surface area contributed by atoms with Crippen LogP contribution in [0.25, 0.3) is 5.57 Å². The Hall–Kier alpha value is -2.79. The van der Waals surface area contributed by atoms with E-state index in [0.29, 0.717) is 12.6 Å². The molecule has 5 nitrogen and oxygen atoms in total. The lowest BCUT2D eigenvalue weighted by molar-refractivity contribution is 0.315. The molecule has 1 aromatic heterocycles. The molecule has 150 valence electrons. The average molecular weight is 388 g/mol. The van der Waals surface area contributed by atoms with Crippen LogP contribution in [0.3, 0.4) is 0 Å². The first-order valence-corrected chi connectivity index (χ1v) is 10.7. The summed E-state index contributed by atoms with van der Waals surface area (Å²) in [6.45, 7) is 1.60. The maximum absolute atomic E-state index is 4.25. The molecule has 1 aliphatic carbocycles. The van der Waals surface area contributed by atoms with Gasteiger partial charge in [-0.25, -0.2) is 4.68 Å². The van der Waals surface area contributed by atoms with Crippen molar-refractivity contribution in [2.24, 2.45) is 0 Å². The van der Waals surface area contributed by atoms with Crippen molar-refractivity contribution in [3.63, 3.8) is 0 Å². The minimum atomic E-state index is 0.471. The third-order valence-electron chi connectivity index (χ3n) is 5.60. The fourth-order valence-corrected chi connectivity index (χ4v) is 4.09. The highest BCUT2D eigenvalue weighted by Gasteiger charge is 2.19. The number of tetrazole rings is 1. The predicted molar refractivity (Wildman–Crippen MR) is 116 cm³/mol. The first kappa shape index (κ1) is 19.5. The fourth-order valence-electron chi connectivity index (χ4n) is 4.09. The van der Waals surface area contributed by atoms with E-state index in [2.05, 4.69) is 87.6 Å². The van der Waals surface area contributed by atoms with E-state index in [1.54, 1.807) is 0 Å². The topological polar surface area (TPSA) is 55.6 Å². The van der Waals surface area contributed by atoms with Crippen LogP contribution >= 0.6 is 0 Å². The van der Waals surface area contributed by atoms with Gasteiger partial charge in [-0.15, -0.1) is 5.10 Å². The lowest BCUT2D eigenvalue weighted by Crippen LogP contribution is -2.22. The van der Waals surface area contributed by atoms with Crippen LogP contribution in [0.2, 0.25) is 0 Å². The zero-order valence-electron chi connectivity index (χ0n) is 16.9. The highest BCUT2D eigenvalue weighted by atomic mass is 15.6. The molecule has 29 heavy (non-hydrogen) atoms. The van der Waals surface area contributed by atoms with Gasteiger partial charge in [-0.3, -0.25) is 0 Å². The number of nitrogens with zero attached hydrogens (tertiary/aromatic N) is 4. The minimum Gasteiger partial charge on any atom is -0.309 e. The van der Waals surface area contributed by atoms with Gasteiger partial charge in [0.05, 0.1) is 12.6 Å². The van der Waals surface area contributed by atoms with Crippen molar-refractivity contribution in [2.45, 2.75) is 51.1 Å². The van der Waals surface area contributed by atoms with Gasteiger partial charge < -0.3 is 5.32 Å². The summed E-state index contributed by atoms with van der Waals surface area (Å²) in [5, 5.41) is 15.9. The second-order valence-electron chi connectivity index (χ2n) is 7.65. The summed E-state index contributed by atoms with van der Waals surface area (Å²) < 4.78 is 2.04. The summed E-state index contributed by atoms with van der Waals surface area (Å²) >= 11 is 0. The molecule has 4 rings (SSSR count). The van der Waals surface area contributed by atoms with Gasteiger partial charge in [0, 0.05) is 0 Å². The third kappa shape index (κ3) is 5.18. The van der Waals surface area contributed by atoms with Gasteiger partial charge in [-0.05, 0) is 52.9 Å². The molecule has 1 heterocycles. The molecule has 0 atom stereocenters. The minimum absolute atomic E-state index is 0.471.